The summed E-state index contributed by atoms with van der Waals surface area (Å²) in [5, 5.41) is 2.77. The number of amides is 1. The summed E-state index contributed by atoms with van der Waals surface area (Å²) >= 11 is 0. The Kier molecular flexibility index (Phi) is 7.35. The molecule has 0 radical (unpaired) electrons. The number of benzene rings is 1. The van der Waals surface area contributed by atoms with Gasteiger partial charge in [0, 0.05) is 24.4 Å². The van der Waals surface area contributed by atoms with Crippen LogP contribution < -0.4 is 15.8 Å². The number of carbonyl (C=O) groups excluding carboxylic acids is 1. The van der Waals surface area contributed by atoms with Gasteiger partial charge in [0.1, 0.15) is 34.6 Å². The zero-order valence-corrected chi connectivity index (χ0v) is 19.5. The summed E-state index contributed by atoms with van der Waals surface area (Å²) in [6.45, 7) is 4.03. The standard InChI is InChI=1S/C26H27F3N4O2/c1-3-35-17-11-20(28)24(21(29)12-17)25-19(27)4-5-22(32-25)26(34)33-23-13-31-7-6-18(23)15-8-14(2)9-16(30)10-15/h4-7,11-16H,3,8-10,30H2,1-2H3,(H,33,34). The molecular formula is C26H27F3N4O2. The first-order valence-electron chi connectivity index (χ1n) is 11.6. The average molecular weight is 485 g/mol. The monoisotopic (exact) mass is 484 g/mol. The number of hydrogen-bond donors (Lipinski definition) is 2. The first kappa shape index (κ1) is 24.7. The van der Waals surface area contributed by atoms with Crippen LogP contribution in [0.1, 0.15) is 55.1 Å². The van der Waals surface area contributed by atoms with E-state index in [1.165, 1.54) is 6.20 Å². The van der Waals surface area contributed by atoms with Crippen LogP contribution in [-0.4, -0.2) is 28.5 Å². The van der Waals surface area contributed by atoms with Gasteiger partial charge in [0.15, 0.2) is 0 Å². The van der Waals surface area contributed by atoms with Crippen molar-refractivity contribution in [3.63, 3.8) is 0 Å². The van der Waals surface area contributed by atoms with E-state index < -0.39 is 34.6 Å². The molecule has 4 rings (SSSR count). The first-order valence-corrected chi connectivity index (χ1v) is 11.6. The highest BCUT2D eigenvalue weighted by Gasteiger charge is 2.28. The summed E-state index contributed by atoms with van der Waals surface area (Å²) in [7, 11) is 0. The van der Waals surface area contributed by atoms with E-state index >= 15 is 0 Å². The van der Waals surface area contributed by atoms with Crippen molar-refractivity contribution in [2.24, 2.45) is 11.7 Å². The third-order valence-corrected chi connectivity index (χ3v) is 6.16. The molecule has 1 amide bonds. The van der Waals surface area contributed by atoms with Crippen LogP contribution in [0.2, 0.25) is 0 Å². The minimum Gasteiger partial charge on any atom is -0.494 e. The predicted molar refractivity (Wildman–Crippen MR) is 127 cm³/mol. The second-order valence-corrected chi connectivity index (χ2v) is 8.91. The number of aromatic nitrogens is 2. The molecule has 1 saturated carbocycles. The summed E-state index contributed by atoms with van der Waals surface area (Å²) < 4.78 is 49.0. The number of rotatable bonds is 6. The van der Waals surface area contributed by atoms with E-state index in [0.29, 0.717) is 11.6 Å². The van der Waals surface area contributed by atoms with Gasteiger partial charge in [0.05, 0.1) is 24.1 Å². The van der Waals surface area contributed by atoms with Crippen molar-refractivity contribution in [3.8, 4) is 17.0 Å². The number of nitrogens with one attached hydrogen (secondary N) is 1. The maximum atomic E-state index is 14.7. The lowest BCUT2D eigenvalue weighted by atomic mass is 9.76. The van der Waals surface area contributed by atoms with Crippen molar-refractivity contribution in [1.82, 2.24) is 9.97 Å². The van der Waals surface area contributed by atoms with Crippen molar-refractivity contribution >= 4 is 11.6 Å². The van der Waals surface area contributed by atoms with E-state index in [2.05, 4.69) is 22.2 Å². The molecular weight excluding hydrogens is 457 g/mol. The second-order valence-electron chi connectivity index (χ2n) is 8.91. The fraction of sp³-hybridized carbons (Fsp3) is 0.346. The van der Waals surface area contributed by atoms with E-state index in [4.69, 9.17) is 10.5 Å². The smallest absolute Gasteiger partial charge is 0.274 e. The van der Waals surface area contributed by atoms with Crippen LogP contribution in [0, 0.1) is 23.4 Å². The summed E-state index contributed by atoms with van der Waals surface area (Å²) in [6, 6.07) is 5.94. The summed E-state index contributed by atoms with van der Waals surface area (Å²) in [4.78, 5) is 21.1. The topological polar surface area (TPSA) is 90.1 Å². The SMILES string of the molecule is CCOc1cc(F)c(-c2nc(C(=O)Nc3cnccc3C3CC(C)CC(N)C3)ccc2F)c(F)c1. The molecule has 1 aliphatic rings. The fourth-order valence-corrected chi connectivity index (χ4v) is 4.73. The lowest BCUT2D eigenvalue weighted by Crippen LogP contribution is -2.31. The lowest BCUT2D eigenvalue weighted by molar-refractivity contribution is 0.102. The molecule has 35 heavy (non-hydrogen) atoms. The van der Waals surface area contributed by atoms with E-state index in [0.717, 1.165) is 49.1 Å². The molecule has 0 saturated heterocycles. The van der Waals surface area contributed by atoms with Gasteiger partial charge in [-0.1, -0.05) is 6.92 Å². The molecule has 1 aliphatic carbocycles. The Labute approximate surface area is 201 Å². The molecule has 2 aromatic heterocycles. The van der Waals surface area contributed by atoms with Gasteiger partial charge in [-0.2, -0.15) is 0 Å². The van der Waals surface area contributed by atoms with Gasteiger partial charge in [-0.3, -0.25) is 9.78 Å². The summed E-state index contributed by atoms with van der Waals surface area (Å²) in [6.07, 6.45) is 5.85. The van der Waals surface area contributed by atoms with Gasteiger partial charge in [-0.25, -0.2) is 18.2 Å². The highest BCUT2D eigenvalue weighted by molar-refractivity contribution is 6.03. The van der Waals surface area contributed by atoms with Crippen LogP contribution in [0.15, 0.2) is 42.7 Å². The minimum atomic E-state index is -1.05. The van der Waals surface area contributed by atoms with Crippen molar-refractivity contribution in [1.29, 1.82) is 0 Å². The molecule has 6 nitrogen and oxygen atoms in total. The largest absolute Gasteiger partial charge is 0.494 e. The van der Waals surface area contributed by atoms with E-state index in [1.54, 1.807) is 13.1 Å². The zero-order valence-electron chi connectivity index (χ0n) is 19.5. The van der Waals surface area contributed by atoms with Gasteiger partial charge in [-0.15, -0.1) is 0 Å². The molecule has 1 fully saturated rings. The van der Waals surface area contributed by atoms with Crippen LogP contribution in [0.3, 0.4) is 0 Å². The van der Waals surface area contributed by atoms with Crippen molar-refractivity contribution in [2.45, 2.75) is 45.1 Å². The molecule has 9 heteroatoms. The van der Waals surface area contributed by atoms with Crippen molar-refractivity contribution in [3.05, 3.63) is 71.4 Å². The van der Waals surface area contributed by atoms with Crippen LogP contribution in [-0.2, 0) is 0 Å². The van der Waals surface area contributed by atoms with Crippen molar-refractivity contribution < 1.29 is 22.7 Å². The lowest BCUT2D eigenvalue weighted by Gasteiger charge is -2.32. The molecule has 3 aromatic rings. The molecule has 3 unspecified atom stereocenters. The van der Waals surface area contributed by atoms with E-state index in [-0.39, 0.29) is 30.0 Å². The number of pyridine rings is 2. The van der Waals surface area contributed by atoms with Crippen LogP contribution >= 0.6 is 0 Å². The second kappa shape index (κ2) is 10.4. The molecule has 3 atom stereocenters. The number of nitrogens with zero attached hydrogens (tertiary/aromatic N) is 2. The highest BCUT2D eigenvalue weighted by atomic mass is 19.1. The molecule has 3 N–H and O–H groups in total. The molecule has 0 bridgehead atoms. The fourth-order valence-electron chi connectivity index (χ4n) is 4.73. The maximum Gasteiger partial charge on any atom is 0.274 e. The van der Waals surface area contributed by atoms with Crippen LogP contribution in [0.4, 0.5) is 18.9 Å². The van der Waals surface area contributed by atoms with Crippen molar-refractivity contribution in [2.75, 3.05) is 11.9 Å². The number of hydrogen-bond acceptors (Lipinski definition) is 5. The minimum absolute atomic E-state index is 0.0265. The molecule has 0 aliphatic heterocycles. The maximum absolute atomic E-state index is 14.7. The molecule has 1 aromatic carbocycles. The molecule has 2 heterocycles. The zero-order chi connectivity index (χ0) is 25.1. The van der Waals surface area contributed by atoms with Gasteiger partial charge < -0.3 is 15.8 Å². The average Bonchev–Trinajstić information content (AvgIpc) is 2.79. The Morgan fingerprint density at radius 1 is 1.11 bits per heavy atom. The Balaban J connectivity index is 1.63. The highest BCUT2D eigenvalue weighted by Crippen LogP contribution is 2.38. The molecule has 184 valence electrons. The predicted octanol–water partition coefficient (Wildman–Crippen LogP) is 5.44. The Hall–Kier alpha value is -3.46. The number of halogens is 3. The number of ether oxygens (including phenoxy) is 1. The summed E-state index contributed by atoms with van der Waals surface area (Å²) in [5.74, 6) is -3.14. The van der Waals surface area contributed by atoms with E-state index in [9.17, 15) is 18.0 Å². The van der Waals surface area contributed by atoms with Crippen LogP contribution in [0.25, 0.3) is 11.3 Å². The third kappa shape index (κ3) is 5.45. The number of anilines is 1. The quantitative estimate of drug-likeness (QED) is 0.486. The van der Waals surface area contributed by atoms with Gasteiger partial charge in [-0.05, 0) is 61.8 Å². The van der Waals surface area contributed by atoms with Gasteiger partial charge in [0.25, 0.3) is 5.91 Å². The number of carbonyl (C=O) groups is 1. The third-order valence-electron chi connectivity index (χ3n) is 6.16. The first-order chi connectivity index (χ1) is 16.8. The number of nitrogens with two attached hydrogens (primary N) is 1. The van der Waals surface area contributed by atoms with Gasteiger partial charge in [0.2, 0.25) is 0 Å². The summed E-state index contributed by atoms with van der Waals surface area (Å²) in [5.41, 5.74) is 6.14. The normalized spacial score (nSPS) is 19.9. The van der Waals surface area contributed by atoms with E-state index in [1.807, 2.05) is 6.07 Å². The van der Waals surface area contributed by atoms with Crippen LogP contribution in [0.5, 0.6) is 5.75 Å². The van der Waals surface area contributed by atoms with Gasteiger partial charge >= 0.3 is 0 Å². The Bertz CT molecular complexity index is 1200. The Morgan fingerprint density at radius 3 is 2.54 bits per heavy atom. The Morgan fingerprint density at radius 2 is 1.86 bits per heavy atom. The molecule has 0 spiro atoms.